The minimum atomic E-state index is -0.193. The average Bonchev–Trinajstić information content (AvgIpc) is 2.98. The van der Waals surface area contributed by atoms with E-state index in [1.165, 1.54) is 0 Å². The van der Waals surface area contributed by atoms with E-state index >= 15 is 0 Å². The maximum absolute atomic E-state index is 12.7. The van der Waals surface area contributed by atoms with E-state index in [0.717, 1.165) is 27.6 Å². The molecule has 3 aromatic rings. The third-order valence-corrected chi connectivity index (χ3v) is 4.52. The van der Waals surface area contributed by atoms with Crippen LogP contribution in [0.2, 0.25) is 0 Å². The number of hydrogen-bond acceptors (Lipinski definition) is 3. The van der Waals surface area contributed by atoms with Gasteiger partial charge in [0.25, 0.3) is 5.56 Å². The second-order valence-corrected chi connectivity index (χ2v) is 7.08. The lowest BCUT2D eigenvalue weighted by atomic mass is 10.0. The topological polar surface area (TPSA) is 43.6 Å². The molecule has 2 heterocycles. The predicted octanol–water partition coefficient (Wildman–Crippen LogP) is 3.76. The van der Waals surface area contributed by atoms with Crippen LogP contribution in [-0.4, -0.2) is 22.6 Å². The number of fused-ring (bicyclic) bond motifs is 1. The molecule has 0 atom stereocenters. The van der Waals surface area contributed by atoms with Crippen molar-refractivity contribution in [3.63, 3.8) is 0 Å². The van der Waals surface area contributed by atoms with Crippen LogP contribution < -0.4 is 5.56 Å². The Balaban J connectivity index is 1.86. The molecular formula is C21H20N2O2. The van der Waals surface area contributed by atoms with Crippen LogP contribution >= 0.6 is 0 Å². The molecule has 1 aromatic heterocycles. The first-order valence-corrected chi connectivity index (χ1v) is 8.37. The first-order chi connectivity index (χ1) is 11.9. The van der Waals surface area contributed by atoms with Gasteiger partial charge in [0.1, 0.15) is 6.61 Å². The highest BCUT2D eigenvalue weighted by Crippen LogP contribution is 2.25. The minimum Gasteiger partial charge on any atom is -0.475 e. The number of nitrogens with zero attached hydrogens (tertiary/aromatic N) is 2. The molecule has 0 N–H and O–H groups in total. The lowest BCUT2D eigenvalue weighted by molar-refractivity contribution is 0.279. The Hall–Kier alpha value is -2.88. The van der Waals surface area contributed by atoms with Gasteiger partial charge in [-0.3, -0.25) is 4.79 Å². The number of benzene rings is 2. The van der Waals surface area contributed by atoms with Crippen molar-refractivity contribution in [2.75, 3.05) is 6.61 Å². The van der Waals surface area contributed by atoms with Gasteiger partial charge in [0.15, 0.2) is 0 Å². The van der Waals surface area contributed by atoms with Gasteiger partial charge in [0.05, 0.1) is 11.2 Å². The highest BCUT2D eigenvalue weighted by atomic mass is 16.5. The van der Waals surface area contributed by atoms with Crippen molar-refractivity contribution < 1.29 is 4.74 Å². The number of ether oxygens (including phenoxy) is 1. The number of aromatic nitrogens is 1. The second-order valence-electron chi connectivity index (χ2n) is 7.08. The van der Waals surface area contributed by atoms with Crippen LogP contribution in [0.4, 0.5) is 0 Å². The van der Waals surface area contributed by atoms with Gasteiger partial charge >= 0.3 is 0 Å². The second kappa shape index (κ2) is 5.59. The van der Waals surface area contributed by atoms with Crippen molar-refractivity contribution in [2.45, 2.75) is 19.4 Å². The smallest absolute Gasteiger partial charge is 0.258 e. The molecule has 1 aliphatic heterocycles. The third-order valence-electron chi connectivity index (χ3n) is 4.52. The summed E-state index contributed by atoms with van der Waals surface area (Å²) in [6.45, 7) is 4.69. The number of hydrogen-bond donors (Lipinski definition) is 0. The SMILES string of the molecule is Cn1c(-c2cccc(C3=NC(C)(C)CO3)c2)cc2ccccc2c1=O. The lowest BCUT2D eigenvalue weighted by Crippen LogP contribution is -2.18. The van der Waals surface area contributed by atoms with E-state index < -0.39 is 0 Å². The maximum Gasteiger partial charge on any atom is 0.258 e. The Morgan fingerprint density at radius 3 is 2.56 bits per heavy atom. The molecule has 1 aliphatic rings. The Morgan fingerprint density at radius 1 is 1.04 bits per heavy atom. The zero-order chi connectivity index (χ0) is 17.6. The van der Waals surface area contributed by atoms with Crippen LogP contribution in [0.3, 0.4) is 0 Å². The van der Waals surface area contributed by atoms with Gasteiger partial charge in [0.2, 0.25) is 5.90 Å². The molecule has 0 amide bonds. The van der Waals surface area contributed by atoms with Gasteiger partial charge in [-0.05, 0) is 49.1 Å². The minimum absolute atomic E-state index is 0.00842. The van der Waals surface area contributed by atoms with Crippen molar-refractivity contribution in [1.29, 1.82) is 0 Å². The molecular weight excluding hydrogens is 312 g/mol. The molecule has 25 heavy (non-hydrogen) atoms. The zero-order valence-electron chi connectivity index (χ0n) is 14.6. The number of rotatable bonds is 2. The Labute approximate surface area is 146 Å². The quantitative estimate of drug-likeness (QED) is 0.717. The fraction of sp³-hybridized carbons (Fsp3) is 0.238. The summed E-state index contributed by atoms with van der Waals surface area (Å²) in [6.07, 6.45) is 0. The van der Waals surface area contributed by atoms with Gasteiger partial charge in [-0.1, -0.05) is 30.3 Å². The normalized spacial score (nSPS) is 15.9. The maximum atomic E-state index is 12.7. The standard InChI is InChI=1S/C21H20N2O2/c1-21(2)13-25-19(22-21)16-9-6-8-15(11-16)18-12-14-7-4-5-10-17(14)20(24)23(18)3/h4-12H,13H2,1-3H3. The summed E-state index contributed by atoms with van der Waals surface area (Å²) in [5.41, 5.74) is 2.60. The molecule has 0 fully saturated rings. The van der Waals surface area contributed by atoms with Gasteiger partial charge in [-0.15, -0.1) is 0 Å². The predicted molar refractivity (Wildman–Crippen MR) is 101 cm³/mol. The van der Waals surface area contributed by atoms with Crippen LogP contribution in [-0.2, 0) is 11.8 Å². The largest absolute Gasteiger partial charge is 0.475 e. The third kappa shape index (κ3) is 2.74. The van der Waals surface area contributed by atoms with Crippen molar-refractivity contribution >= 4 is 16.7 Å². The van der Waals surface area contributed by atoms with Crippen molar-refractivity contribution in [3.05, 3.63) is 70.5 Å². The van der Waals surface area contributed by atoms with E-state index in [0.29, 0.717) is 12.5 Å². The first-order valence-electron chi connectivity index (χ1n) is 8.37. The van der Waals surface area contributed by atoms with Gasteiger partial charge < -0.3 is 9.30 Å². The average molecular weight is 332 g/mol. The van der Waals surface area contributed by atoms with E-state index in [4.69, 9.17) is 4.74 Å². The van der Waals surface area contributed by atoms with Crippen molar-refractivity contribution in [1.82, 2.24) is 4.57 Å². The zero-order valence-corrected chi connectivity index (χ0v) is 14.6. The van der Waals surface area contributed by atoms with E-state index in [2.05, 4.69) is 24.9 Å². The van der Waals surface area contributed by atoms with Gasteiger partial charge in [-0.25, -0.2) is 4.99 Å². The fourth-order valence-corrected chi connectivity index (χ4v) is 3.17. The Kier molecular flexibility index (Phi) is 3.49. The van der Waals surface area contributed by atoms with Crippen LogP contribution in [0.1, 0.15) is 19.4 Å². The van der Waals surface area contributed by atoms with E-state index in [-0.39, 0.29) is 11.1 Å². The number of aliphatic imine (C=N–C) groups is 1. The molecule has 4 heteroatoms. The summed E-state index contributed by atoms with van der Waals surface area (Å²) in [5.74, 6) is 0.664. The van der Waals surface area contributed by atoms with Crippen molar-refractivity contribution in [3.8, 4) is 11.3 Å². The lowest BCUT2D eigenvalue weighted by Gasteiger charge is -2.11. The molecule has 0 saturated carbocycles. The Morgan fingerprint density at radius 2 is 1.80 bits per heavy atom. The summed E-state index contributed by atoms with van der Waals surface area (Å²) >= 11 is 0. The first kappa shape index (κ1) is 15.6. The summed E-state index contributed by atoms with van der Waals surface area (Å²) in [5, 5.41) is 1.68. The van der Waals surface area contributed by atoms with E-state index in [1.54, 1.807) is 4.57 Å². The fourth-order valence-electron chi connectivity index (χ4n) is 3.17. The van der Waals surface area contributed by atoms with Gasteiger partial charge in [-0.2, -0.15) is 0 Å². The van der Waals surface area contributed by atoms with Crippen LogP contribution in [0, 0.1) is 0 Å². The molecule has 0 bridgehead atoms. The summed E-state index contributed by atoms with van der Waals surface area (Å²) < 4.78 is 7.45. The van der Waals surface area contributed by atoms with Crippen LogP contribution in [0.15, 0.2) is 64.4 Å². The van der Waals surface area contributed by atoms with Crippen molar-refractivity contribution in [2.24, 2.45) is 12.0 Å². The molecule has 2 aromatic carbocycles. The monoisotopic (exact) mass is 332 g/mol. The van der Waals surface area contributed by atoms with E-state index in [1.807, 2.05) is 55.6 Å². The molecule has 0 saturated heterocycles. The molecule has 0 radical (unpaired) electrons. The molecule has 0 unspecified atom stereocenters. The molecule has 126 valence electrons. The molecule has 4 rings (SSSR count). The van der Waals surface area contributed by atoms with Crippen LogP contribution in [0.5, 0.6) is 0 Å². The molecule has 0 spiro atoms. The highest BCUT2D eigenvalue weighted by molar-refractivity contribution is 5.96. The summed E-state index contributed by atoms with van der Waals surface area (Å²) in [4.78, 5) is 17.3. The number of pyridine rings is 1. The highest BCUT2D eigenvalue weighted by Gasteiger charge is 2.27. The van der Waals surface area contributed by atoms with Crippen LogP contribution in [0.25, 0.3) is 22.0 Å². The summed E-state index contributed by atoms with van der Waals surface area (Å²) in [7, 11) is 1.81. The van der Waals surface area contributed by atoms with E-state index in [9.17, 15) is 4.79 Å². The van der Waals surface area contributed by atoms with Gasteiger partial charge in [0, 0.05) is 18.0 Å². The Bertz CT molecular complexity index is 1060. The molecule has 0 aliphatic carbocycles. The molecule has 4 nitrogen and oxygen atoms in total. The summed E-state index contributed by atoms with van der Waals surface area (Å²) in [6, 6.07) is 17.7.